The lowest BCUT2D eigenvalue weighted by atomic mass is 10.3. The third kappa shape index (κ3) is 4.23. The second kappa shape index (κ2) is 5.43. The smallest absolute Gasteiger partial charge is 0.0701 e. The van der Waals surface area contributed by atoms with E-state index in [0.717, 1.165) is 19.1 Å². The first kappa shape index (κ1) is 11.6. The van der Waals surface area contributed by atoms with Crippen LogP contribution in [0.1, 0.15) is 24.6 Å². The van der Waals surface area contributed by atoms with Crippen molar-refractivity contribution in [3.8, 4) is 0 Å². The molecule has 15 heavy (non-hydrogen) atoms. The Labute approximate surface area is 104 Å². The Balaban J connectivity index is 1.63. The van der Waals surface area contributed by atoms with Crippen LogP contribution in [-0.2, 0) is 6.54 Å². The molecule has 0 saturated heterocycles. The van der Waals surface area contributed by atoms with Crippen molar-refractivity contribution in [1.82, 2.24) is 10.6 Å². The Morgan fingerprint density at radius 2 is 2.33 bits per heavy atom. The second-order valence-electron chi connectivity index (χ2n) is 4.17. The summed E-state index contributed by atoms with van der Waals surface area (Å²) in [6.07, 6.45) is 2.73. The van der Waals surface area contributed by atoms with E-state index < -0.39 is 0 Å². The molecule has 1 fully saturated rings. The molecular formula is C11H17BrN2S. The largest absolute Gasteiger partial charge is 0.312 e. The highest BCUT2D eigenvalue weighted by Crippen LogP contribution is 2.22. The van der Waals surface area contributed by atoms with Gasteiger partial charge < -0.3 is 10.6 Å². The molecular weight excluding hydrogens is 272 g/mol. The molecule has 84 valence electrons. The van der Waals surface area contributed by atoms with E-state index in [9.17, 15) is 0 Å². The maximum atomic E-state index is 3.53. The number of rotatable bonds is 6. The average molecular weight is 289 g/mol. The predicted octanol–water partition coefficient (Wildman–Crippen LogP) is 2.74. The Morgan fingerprint density at radius 3 is 2.93 bits per heavy atom. The zero-order chi connectivity index (χ0) is 10.7. The van der Waals surface area contributed by atoms with E-state index in [1.54, 1.807) is 11.3 Å². The van der Waals surface area contributed by atoms with Gasteiger partial charge in [0.2, 0.25) is 0 Å². The summed E-state index contributed by atoms with van der Waals surface area (Å²) in [7, 11) is 0. The van der Waals surface area contributed by atoms with Crippen molar-refractivity contribution in [2.75, 3.05) is 6.54 Å². The monoisotopic (exact) mass is 288 g/mol. The highest BCUT2D eigenvalue weighted by Gasteiger charge is 2.20. The summed E-state index contributed by atoms with van der Waals surface area (Å²) in [4.78, 5) is 1.39. The van der Waals surface area contributed by atoms with E-state index in [4.69, 9.17) is 0 Å². The summed E-state index contributed by atoms with van der Waals surface area (Å²) in [6, 6.07) is 5.63. The first-order valence-corrected chi connectivity index (χ1v) is 7.06. The highest BCUT2D eigenvalue weighted by molar-refractivity contribution is 9.11. The van der Waals surface area contributed by atoms with Gasteiger partial charge in [-0.1, -0.05) is 0 Å². The third-order valence-electron chi connectivity index (χ3n) is 2.54. The maximum Gasteiger partial charge on any atom is 0.0701 e. The van der Waals surface area contributed by atoms with Gasteiger partial charge in [-0.05, 0) is 47.8 Å². The molecule has 2 N–H and O–H groups in total. The molecule has 4 heteroatoms. The van der Waals surface area contributed by atoms with Gasteiger partial charge in [0.15, 0.2) is 0 Å². The lowest BCUT2D eigenvalue weighted by Gasteiger charge is -2.13. The molecule has 0 aromatic carbocycles. The van der Waals surface area contributed by atoms with E-state index in [1.807, 2.05) is 0 Å². The van der Waals surface area contributed by atoms with Crippen LogP contribution in [0.15, 0.2) is 15.9 Å². The lowest BCUT2D eigenvalue weighted by Crippen LogP contribution is -2.36. The minimum atomic E-state index is 0.548. The minimum Gasteiger partial charge on any atom is -0.312 e. The van der Waals surface area contributed by atoms with Crippen LogP contribution in [-0.4, -0.2) is 18.6 Å². The fraction of sp³-hybridized carbons (Fsp3) is 0.636. The SMILES string of the molecule is CC(CNC1CC1)NCc1ccc(Br)s1. The zero-order valence-electron chi connectivity index (χ0n) is 8.92. The molecule has 2 nitrogen and oxygen atoms in total. The summed E-state index contributed by atoms with van der Waals surface area (Å²) in [6.45, 7) is 4.29. The van der Waals surface area contributed by atoms with Crippen LogP contribution in [0.3, 0.4) is 0 Å². The van der Waals surface area contributed by atoms with Crippen molar-refractivity contribution in [2.45, 2.75) is 38.4 Å². The molecule has 1 aromatic heterocycles. The molecule has 1 saturated carbocycles. The molecule has 0 amide bonds. The number of hydrogen-bond acceptors (Lipinski definition) is 3. The van der Waals surface area contributed by atoms with Gasteiger partial charge >= 0.3 is 0 Å². The fourth-order valence-electron chi connectivity index (χ4n) is 1.42. The number of thiophene rings is 1. The Kier molecular flexibility index (Phi) is 4.20. The van der Waals surface area contributed by atoms with E-state index in [-0.39, 0.29) is 0 Å². The first-order chi connectivity index (χ1) is 7.24. The lowest BCUT2D eigenvalue weighted by molar-refractivity contribution is 0.502. The van der Waals surface area contributed by atoms with Crippen LogP contribution in [0.2, 0.25) is 0 Å². The minimum absolute atomic E-state index is 0.548. The second-order valence-corrected chi connectivity index (χ2v) is 6.72. The van der Waals surface area contributed by atoms with Gasteiger partial charge in [-0.3, -0.25) is 0 Å². The summed E-state index contributed by atoms with van der Waals surface area (Å²) in [5.74, 6) is 0. The van der Waals surface area contributed by atoms with Crippen LogP contribution in [0, 0.1) is 0 Å². The summed E-state index contributed by atoms with van der Waals surface area (Å²) < 4.78 is 1.21. The summed E-state index contributed by atoms with van der Waals surface area (Å²) in [5.41, 5.74) is 0. The van der Waals surface area contributed by atoms with Gasteiger partial charge in [-0.2, -0.15) is 0 Å². The van der Waals surface area contributed by atoms with Crippen molar-refractivity contribution in [1.29, 1.82) is 0 Å². The molecule has 1 atom stereocenters. The standard InChI is InChI=1S/C11H17BrN2S/c1-8(6-14-9-2-3-9)13-7-10-4-5-11(12)15-10/h4-5,8-9,13-14H,2-3,6-7H2,1H3. The van der Waals surface area contributed by atoms with E-state index >= 15 is 0 Å². The molecule has 1 aliphatic carbocycles. The van der Waals surface area contributed by atoms with Crippen LogP contribution >= 0.6 is 27.3 Å². The van der Waals surface area contributed by atoms with Crippen molar-refractivity contribution < 1.29 is 0 Å². The zero-order valence-corrected chi connectivity index (χ0v) is 11.3. The fourth-order valence-corrected chi connectivity index (χ4v) is 2.86. The molecule has 0 bridgehead atoms. The molecule has 1 aliphatic rings. The van der Waals surface area contributed by atoms with Gasteiger partial charge in [0.25, 0.3) is 0 Å². The topological polar surface area (TPSA) is 24.1 Å². The summed E-state index contributed by atoms with van der Waals surface area (Å²) in [5, 5.41) is 7.05. The Hall–Kier alpha value is 0.1000. The number of nitrogens with one attached hydrogen (secondary N) is 2. The van der Waals surface area contributed by atoms with Crippen LogP contribution < -0.4 is 10.6 Å². The Morgan fingerprint density at radius 1 is 1.53 bits per heavy atom. The molecule has 1 heterocycles. The molecule has 1 aromatic rings. The molecule has 0 aliphatic heterocycles. The van der Waals surface area contributed by atoms with Crippen molar-refractivity contribution >= 4 is 27.3 Å². The van der Waals surface area contributed by atoms with Gasteiger partial charge in [-0.25, -0.2) is 0 Å². The molecule has 0 spiro atoms. The van der Waals surface area contributed by atoms with Crippen molar-refractivity contribution in [2.24, 2.45) is 0 Å². The summed E-state index contributed by atoms with van der Waals surface area (Å²) >= 11 is 5.28. The molecule has 2 rings (SSSR count). The molecule has 1 unspecified atom stereocenters. The third-order valence-corrected chi connectivity index (χ3v) is 4.17. The first-order valence-electron chi connectivity index (χ1n) is 5.45. The van der Waals surface area contributed by atoms with Crippen molar-refractivity contribution in [3.63, 3.8) is 0 Å². The number of halogens is 1. The van der Waals surface area contributed by atoms with E-state index in [1.165, 1.54) is 21.5 Å². The van der Waals surface area contributed by atoms with Gasteiger partial charge in [0.05, 0.1) is 3.79 Å². The normalized spacial score (nSPS) is 18.0. The van der Waals surface area contributed by atoms with Gasteiger partial charge in [-0.15, -0.1) is 11.3 Å². The van der Waals surface area contributed by atoms with E-state index in [2.05, 4.69) is 45.6 Å². The van der Waals surface area contributed by atoms with Crippen LogP contribution in [0.5, 0.6) is 0 Å². The Bertz CT molecular complexity index is 309. The average Bonchev–Trinajstić information content (AvgIpc) is 2.95. The molecule has 0 radical (unpaired) electrons. The van der Waals surface area contributed by atoms with Crippen LogP contribution in [0.4, 0.5) is 0 Å². The highest BCUT2D eigenvalue weighted by atomic mass is 79.9. The van der Waals surface area contributed by atoms with E-state index in [0.29, 0.717) is 6.04 Å². The van der Waals surface area contributed by atoms with Gasteiger partial charge in [0, 0.05) is 30.1 Å². The van der Waals surface area contributed by atoms with Crippen LogP contribution in [0.25, 0.3) is 0 Å². The predicted molar refractivity (Wildman–Crippen MR) is 69.3 cm³/mol. The maximum absolute atomic E-state index is 3.53. The quantitative estimate of drug-likeness (QED) is 0.841. The van der Waals surface area contributed by atoms with Crippen molar-refractivity contribution in [3.05, 3.63) is 20.8 Å². The van der Waals surface area contributed by atoms with Gasteiger partial charge in [0.1, 0.15) is 0 Å². The number of hydrogen-bond donors (Lipinski definition) is 2.